The summed E-state index contributed by atoms with van der Waals surface area (Å²) in [5.41, 5.74) is 8.05. The van der Waals surface area contributed by atoms with Crippen molar-refractivity contribution in [2.45, 2.75) is 13.5 Å². The second kappa shape index (κ2) is 5.98. The first kappa shape index (κ1) is 16.1. The lowest BCUT2D eigenvalue weighted by molar-refractivity contribution is 0.441. The maximum absolute atomic E-state index is 13.2. The van der Waals surface area contributed by atoms with E-state index in [-0.39, 0.29) is 17.8 Å². The average molecular weight is 374 g/mol. The number of nitrogen functional groups attached to an aromatic ring is 1. The van der Waals surface area contributed by atoms with Crippen molar-refractivity contribution in [2.24, 2.45) is 0 Å². The molecular formula is C18H14N8O2. The molecule has 5 aromatic rings. The molecule has 4 heterocycles. The number of hydrogen-bond donors (Lipinski definition) is 1. The monoisotopic (exact) mass is 374 g/mol. The second-order valence-electron chi connectivity index (χ2n) is 6.26. The van der Waals surface area contributed by atoms with Crippen LogP contribution in [0.25, 0.3) is 28.0 Å². The Balaban J connectivity index is 1.76. The Morgan fingerprint density at radius 3 is 2.79 bits per heavy atom. The summed E-state index contributed by atoms with van der Waals surface area (Å²) in [7, 11) is 0. The van der Waals surface area contributed by atoms with Gasteiger partial charge in [-0.05, 0) is 19.1 Å². The first-order chi connectivity index (χ1) is 13.6. The van der Waals surface area contributed by atoms with Gasteiger partial charge in [0.25, 0.3) is 11.3 Å². The van der Waals surface area contributed by atoms with Crippen molar-refractivity contribution in [1.82, 2.24) is 34.2 Å². The molecule has 0 bridgehead atoms. The molecule has 0 atom stereocenters. The standard InChI is InChI=1S/C18H14N8O2/c1-10-13-17(28-24-10)23-12(26(18(13)27)11-5-3-2-4-6-11)7-25-9-22-14-15(19)20-8-21-16(14)25/h2-6,8-9H,7H2,1H3,(H2,19,20,21). The van der Waals surface area contributed by atoms with Gasteiger partial charge in [-0.3, -0.25) is 9.36 Å². The molecule has 0 saturated carbocycles. The third kappa shape index (κ3) is 2.35. The van der Waals surface area contributed by atoms with Gasteiger partial charge in [0.05, 0.1) is 24.3 Å². The molecule has 28 heavy (non-hydrogen) atoms. The molecule has 0 aliphatic carbocycles. The summed E-state index contributed by atoms with van der Waals surface area (Å²) in [6, 6.07) is 9.28. The number of hydrogen-bond acceptors (Lipinski definition) is 8. The Labute approximate surface area is 157 Å². The lowest BCUT2D eigenvalue weighted by Gasteiger charge is -2.12. The number of benzene rings is 1. The van der Waals surface area contributed by atoms with Crippen LogP contribution in [-0.4, -0.2) is 34.2 Å². The maximum atomic E-state index is 13.2. The van der Waals surface area contributed by atoms with Crippen molar-refractivity contribution in [2.75, 3.05) is 5.73 Å². The van der Waals surface area contributed by atoms with Crippen molar-refractivity contribution >= 4 is 28.1 Å². The van der Waals surface area contributed by atoms with Crippen molar-refractivity contribution in [1.29, 1.82) is 0 Å². The van der Waals surface area contributed by atoms with Crippen LogP contribution in [0.15, 0.2) is 52.3 Å². The smallest absolute Gasteiger partial charge is 0.271 e. The number of nitrogens with zero attached hydrogens (tertiary/aromatic N) is 7. The van der Waals surface area contributed by atoms with Crippen molar-refractivity contribution in [3.63, 3.8) is 0 Å². The summed E-state index contributed by atoms with van der Waals surface area (Å²) in [5, 5.41) is 4.24. The van der Waals surface area contributed by atoms with Gasteiger partial charge in [-0.1, -0.05) is 23.4 Å². The fraction of sp³-hybridized carbons (Fsp3) is 0.111. The van der Waals surface area contributed by atoms with Gasteiger partial charge in [-0.25, -0.2) is 15.0 Å². The molecule has 10 nitrogen and oxygen atoms in total. The zero-order valence-corrected chi connectivity index (χ0v) is 14.8. The van der Waals surface area contributed by atoms with Crippen molar-refractivity contribution < 1.29 is 4.52 Å². The molecule has 2 N–H and O–H groups in total. The molecular weight excluding hydrogens is 360 g/mol. The number of nitrogens with two attached hydrogens (primary N) is 1. The van der Waals surface area contributed by atoms with Crippen LogP contribution in [0.1, 0.15) is 11.5 Å². The Hall–Kier alpha value is -4.08. The van der Waals surface area contributed by atoms with Crippen LogP contribution in [0.2, 0.25) is 0 Å². The van der Waals surface area contributed by atoms with Crippen LogP contribution in [0, 0.1) is 6.92 Å². The van der Waals surface area contributed by atoms with E-state index in [1.807, 2.05) is 30.3 Å². The normalized spacial score (nSPS) is 11.5. The van der Waals surface area contributed by atoms with Gasteiger partial charge in [0, 0.05) is 0 Å². The van der Waals surface area contributed by atoms with E-state index in [2.05, 4.69) is 25.1 Å². The fourth-order valence-corrected chi connectivity index (χ4v) is 3.19. The van der Waals surface area contributed by atoms with E-state index in [1.165, 1.54) is 6.33 Å². The van der Waals surface area contributed by atoms with E-state index in [4.69, 9.17) is 10.3 Å². The molecule has 0 fully saturated rings. The van der Waals surface area contributed by atoms with Gasteiger partial charge in [0.1, 0.15) is 23.1 Å². The predicted molar refractivity (Wildman–Crippen MR) is 101 cm³/mol. The summed E-state index contributed by atoms with van der Waals surface area (Å²) >= 11 is 0. The molecule has 4 aromatic heterocycles. The number of fused-ring (bicyclic) bond motifs is 2. The second-order valence-corrected chi connectivity index (χ2v) is 6.26. The molecule has 0 aliphatic rings. The average Bonchev–Trinajstić information content (AvgIpc) is 3.28. The van der Waals surface area contributed by atoms with E-state index in [0.29, 0.717) is 39.6 Å². The SMILES string of the molecule is Cc1noc2nc(Cn3cnc4c(N)ncnc43)n(-c3ccccc3)c(=O)c12. The molecule has 0 aliphatic heterocycles. The van der Waals surface area contributed by atoms with Crippen LogP contribution in [-0.2, 0) is 6.54 Å². The van der Waals surface area contributed by atoms with Gasteiger partial charge in [0.2, 0.25) is 0 Å². The summed E-state index contributed by atoms with van der Waals surface area (Å²) < 4.78 is 8.54. The number of aromatic nitrogens is 7. The van der Waals surface area contributed by atoms with Crippen molar-refractivity contribution in [3.05, 3.63) is 64.9 Å². The topological polar surface area (TPSA) is 131 Å². The van der Waals surface area contributed by atoms with Gasteiger partial charge in [-0.15, -0.1) is 0 Å². The molecule has 0 unspecified atom stereocenters. The molecule has 0 saturated heterocycles. The Bertz CT molecular complexity index is 1380. The molecule has 0 spiro atoms. The minimum atomic E-state index is -0.247. The van der Waals surface area contributed by atoms with Gasteiger partial charge in [-0.2, -0.15) is 4.98 Å². The van der Waals surface area contributed by atoms with E-state index >= 15 is 0 Å². The highest BCUT2D eigenvalue weighted by Crippen LogP contribution is 2.19. The van der Waals surface area contributed by atoms with Gasteiger partial charge < -0.3 is 14.8 Å². The summed E-state index contributed by atoms with van der Waals surface area (Å²) in [6.45, 7) is 1.94. The van der Waals surface area contributed by atoms with Crippen molar-refractivity contribution in [3.8, 4) is 5.69 Å². The quantitative estimate of drug-likeness (QED) is 0.502. The molecule has 10 heteroatoms. The zero-order valence-electron chi connectivity index (χ0n) is 14.8. The number of rotatable bonds is 3. The predicted octanol–water partition coefficient (Wildman–Crippen LogP) is 1.45. The molecule has 1 aromatic carbocycles. The van der Waals surface area contributed by atoms with E-state index in [1.54, 1.807) is 22.4 Å². The third-order valence-corrected chi connectivity index (χ3v) is 4.51. The first-order valence-electron chi connectivity index (χ1n) is 8.48. The third-order valence-electron chi connectivity index (χ3n) is 4.51. The minimum Gasteiger partial charge on any atom is -0.382 e. The Morgan fingerprint density at radius 1 is 1.14 bits per heavy atom. The molecule has 0 radical (unpaired) electrons. The lowest BCUT2D eigenvalue weighted by atomic mass is 10.2. The zero-order chi connectivity index (χ0) is 19.3. The largest absolute Gasteiger partial charge is 0.382 e. The van der Waals surface area contributed by atoms with Gasteiger partial charge in [0.15, 0.2) is 11.5 Å². The Morgan fingerprint density at radius 2 is 1.96 bits per heavy atom. The summed E-state index contributed by atoms with van der Waals surface area (Å²) in [4.78, 5) is 30.2. The Kier molecular flexibility index (Phi) is 3.44. The van der Waals surface area contributed by atoms with E-state index in [0.717, 1.165) is 0 Å². The molecule has 0 amide bonds. The van der Waals surface area contributed by atoms with Crippen LogP contribution in [0.4, 0.5) is 5.82 Å². The van der Waals surface area contributed by atoms with E-state index in [9.17, 15) is 4.79 Å². The summed E-state index contributed by atoms with van der Waals surface area (Å²) in [6.07, 6.45) is 2.96. The van der Waals surface area contributed by atoms with Gasteiger partial charge >= 0.3 is 0 Å². The number of aryl methyl sites for hydroxylation is 1. The summed E-state index contributed by atoms with van der Waals surface area (Å²) in [5.74, 6) is 0.745. The lowest BCUT2D eigenvalue weighted by Crippen LogP contribution is -2.25. The highest BCUT2D eigenvalue weighted by Gasteiger charge is 2.19. The number of imidazole rings is 1. The van der Waals surface area contributed by atoms with Crippen LogP contribution in [0.5, 0.6) is 0 Å². The minimum absolute atomic E-state index is 0.197. The van der Waals surface area contributed by atoms with E-state index < -0.39 is 0 Å². The fourth-order valence-electron chi connectivity index (χ4n) is 3.19. The maximum Gasteiger partial charge on any atom is 0.271 e. The highest BCUT2D eigenvalue weighted by atomic mass is 16.5. The van der Waals surface area contributed by atoms with Crippen LogP contribution >= 0.6 is 0 Å². The molecule has 138 valence electrons. The molecule has 5 rings (SSSR count). The highest BCUT2D eigenvalue weighted by molar-refractivity contribution is 5.81. The van der Waals surface area contributed by atoms with Crippen LogP contribution in [0.3, 0.4) is 0 Å². The van der Waals surface area contributed by atoms with Crippen LogP contribution < -0.4 is 11.3 Å². The number of anilines is 1. The number of para-hydroxylation sites is 1. The first-order valence-corrected chi connectivity index (χ1v) is 8.48.